The van der Waals surface area contributed by atoms with Crippen LogP contribution in [0.15, 0.2) is 24.3 Å². The molecule has 0 heterocycles. The first-order chi connectivity index (χ1) is 6.72. The summed E-state index contributed by atoms with van der Waals surface area (Å²) in [5.74, 6) is 0. The third-order valence-corrected chi connectivity index (χ3v) is 1.89. The Labute approximate surface area is 83.5 Å². The first-order valence-electron chi connectivity index (χ1n) is 4.52. The van der Waals surface area contributed by atoms with Crippen molar-refractivity contribution in [3.63, 3.8) is 0 Å². The molecule has 4 nitrogen and oxygen atoms in total. The van der Waals surface area contributed by atoms with Crippen LogP contribution in [0, 0.1) is 0 Å². The van der Waals surface area contributed by atoms with Crippen LogP contribution in [0.1, 0.15) is 5.56 Å². The van der Waals surface area contributed by atoms with E-state index >= 15 is 0 Å². The Morgan fingerprint density at radius 3 is 2.50 bits per heavy atom. The van der Waals surface area contributed by atoms with Crippen molar-refractivity contribution in [1.82, 2.24) is 5.32 Å². The van der Waals surface area contributed by atoms with E-state index in [4.69, 9.17) is 5.73 Å². The molecular weight excluding hydrogens is 178 g/mol. The van der Waals surface area contributed by atoms with Crippen LogP contribution in [0.2, 0.25) is 0 Å². The second kappa shape index (κ2) is 5.24. The lowest BCUT2D eigenvalue weighted by Crippen LogP contribution is -2.19. The van der Waals surface area contributed by atoms with Crippen LogP contribution in [-0.2, 0) is 6.42 Å². The van der Waals surface area contributed by atoms with E-state index in [2.05, 4.69) is 10.6 Å². The summed E-state index contributed by atoms with van der Waals surface area (Å²) in [5, 5.41) is 5.58. The molecule has 0 aliphatic carbocycles. The van der Waals surface area contributed by atoms with Crippen molar-refractivity contribution in [2.24, 2.45) is 5.73 Å². The number of hydrogen-bond donors (Lipinski definition) is 3. The number of carbonyl (C=O) groups is 1. The zero-order valence-corrected chi connectivity index (χ0v) is 8.21. The van der Waals surface area contributed by atoms with Gasteiger partial charge >= 0.3 is 6.03 Å². The quantitative estimate of drug-likeness (QED) is 0.666. The largest absolute Gasteiger partial charge is 0.351 e. The van der Waals surface area contributed by atoms with E-state index in [-0.39, 0.29) is 0 Å². The summed E-state index contributed by atoms with van der Waals surface area (Å²) in [6.07, 6.45) is 0.980. The van der Waals surface area contributed by atoms with E-state index in [0.717, 1.165) is 18.7 Å². The second-order valence-corrected chi connectivity index (χ2v) is 3.04. The van der Waals surface area contributed by atoms with Crippen molar-refractivity contribution in [1.29, 1.82) is 0 Å². The number of urea groups is 1. The molecule has 0 atom stereocenters. The highest BCUT2D eigenvalue weighted by Crippen LogP contribution is 2.09. The Hall–Kier alpha value is -1.55. The molecule has 1 rings (SSSR count). The van der Waals surface area contributed by atoms with E-state index in [0.29, 0.717) is 0 Å². The summed E-state index contributed by atoms with van der Waals surface area (Å²) in [6, 6.07) is 7.10. The van der Waals surface area contributed by atoms with Crippen molar-refractivity contribution in [2.75, 3.05) is 18.9 Å². The molecule has 0 aliphatic heterocycles. The van der Waals surface area contributed by atoms with Crippen LogP contribution in [0.3, 0.4) is 0 Å². The Bertz CT molecular complexity index is 295. The second-order valence-electron chi connectivity index (χ2n) is 3.04. The summed E-state index contributed by atoms with van der Waals surface area (Å²) < 4.78 is 0. The molecule has 0 saturated carbocycles. The number of likely N-dealkylation sites (N-methyl/N-ethyl adjacent to an activating group) is 1. The minimum absolute atomic E-state index is 0.534. The van der Waals surface area contributed by atoms with Gasteiger partial charge in [-0.15, -0.1) is 0 Å². The highest BCUT2D eigenvalue weighted by atomic mass is 16.2. The van der Waals surface area contributed by atoms with Crippen molar-refractivity contribution in [3.05, 3.63) is 29.8 Å². The maximum atomic E-state index is 10.5. The Morgan fingerprint density at radius 2 is 2.00 bits per heavy atom. The smallest absolute Gasteiger partial charge is 0.316 e. The molecule has 4 N–H and O–H groups in total. The van der Waals surface area contributed by atoms with Gasteiger partial charge in [-0.3, -0.25) is 0 Å². The molecule has 0 bridgehead atoms. The zero-order valence-electron chi connectivity index (χ0n) is 8.21. The van der Waals surface area contributed by atoms with Crippen molar-refractivity contribution in [2.45, 2.75) is 6.42 Å². The van der Waals surface area contributed by atoms with Gasteiger partial charge in [0, 0.05) is 5.69 Å². The molecule has 0 saturated heterocycles. The fourth-order valence-corrected chi connectivity index (χ4v) is 1.17. The number of carbonyl (C=O) groups excluding carboxylic acids is 1. The van der Waals surface area contributed by atoms with Gasteiger partial charge in [0.15, 0.2) is 0 Å². The van der Waals surface area contributed by atoms with Crippen molar-refractivity contribution < 1.29 is 4.79 Å². The molecule has 0 aliphatic rings. The lowest BCUT2D eigenvalue weighted by molar-refractivity contribution is 0.259. The van der Waals surface area contributed by atoms with Gasteiger partial charge in [0.2, 0.25) is 0 Å². The highest BCUT2D eigenvalue weighted by Gasteiger charge is 1.96. The molecule has 0 aromatic heterocycles. The van der Waals surface area contributed by atoms with Crippen LogP contribution in [0.25, 0.3) is 0 Å². The predicted molar refractivity (Wildman–Crippen MR) is 57.3 cm³/mol. The summed E-state index contributed by atoms with van der Waals surface area (Å²) in [4.78, 5) is 10.5. The van der Waals surface area contributed by atoms with Gasteiger partial charge in [0.05, 0.1) is 0 Å². The molecule has 76 valence electrons. The Kier molecular flexibility index (Phi) is 3.94. The Morgan fingerprint density at radius 1 is 1.36 bits per heavy atom. The average Bonchev–Trinajstić information content (AvgIpc) is 2.16. The SMILES string of the molecule is CNCCc1ccc(NC(N)=O)cc1. The lowest BCUT2D eigenvalue weighted by atomic mass is 10.1. The van der Waals surface area contributed by atoms with Crippen LogP contribution in [-0.4, -0.2) is 19.6 Å². The molecular formula is C10H15N3O. The normalized spacial score (nSPS) is 9.79. The summed E-state index contributed by atoms with van der Waals surface area (Å²) >= 11 is 0. The molecule has 0 fully saturated rings. The number of rotatable bonds is 4. The topological polar surface area (TPSA) is 67.2 Å². The van der Waals surface area contributed by atoms with E-state index in [1.807, 2.05) is 31.3 Å². The standard InChI is InChI=1S/C10H15N3O/c1-12-7-6-8-2-4-9(5-3-8)13-10(11)14/h2-5,12H,6-7H2,1H3,(H3,11,13,14). The monoisotopic (exact) mass is 193 g/mol. The highest BCUT2D eigenvalue weighted by molar-refractivity contribution is 5.87. The number of hydrogen-bond acceptors (Lipinski definition) is 2. The van der Waals surface area contributed by atoms with Gasteiger partial charge in [-0.1, -0.05) is 12.1 Å². The number of benzene rings is 1. The molecule has 1 aromatic rings. The van der Waals surface area contributed by atoms with Crippen molar-refractivity contribution >= 4 is 11.7 Å². The Balaban J connectivity index is 2.54. The first kappa shape index (κ1) is 10.5. The van der Waals surface area contributed by atoms with Gasteiger partial charge < -0.3 is 16.4 Å². The molecule has 1 aromatic carbocycles. The summed E-state index contributed by atoms with van der Waals surface area (Å²) in [6.45, 7) is 0.947. The van der Waals surface area contributed by atoms with Gasteiger partial charge in [-0.25, -0.2) is 4.79 Å². The van der Waals surface area contributed by atoms with Crippen molar-refractivity contribution in [3.8, 4) is 0 Å². The predicted octanol–water partition coefficient (Wildman–Crippen LogP) is 0.939. The maximum absolute atomic E-state index is 10.5. The molecule has 4 heteroatoms. The zero-order chi connectivity index (χ0) is 10.4. The van der Waals surface area contributed by atoms with Crippen LogP contribution >= 0.6 is 0 Å². The number of amides is 2. The molecule has 0 unspecified atom stereocenters. The minimum atomic E-state index is -0.534. The van der Waals surface area contributed by atoms with Crippen LogP contribution in [0.4, 0.5) is 10.5 Å². The third kappa shape index (κ3) is 3.45. The molecule has 0 radical (unpaired) electrons. The number of anilines is 1. The molecule has 0 spiro atoms. The van der Waals surface area contributed by atoms with Gasteiger partial charge in [0.25, 0.3) is 0 Å². The van der Waals surface area contributed by atoms with E-state index in [1.165, 1.54) is 5.56 Å². The average molecular weight is 193 g/mol. The molecule has 14 heavy (non-hydrogen) atoms. The number of nitrogens with one attached hydrogen (secondary N) is 2. The number of primary amides is 1. The van der Waals surface area contributed by atoms with Gasteiger partial charge in [-0.2, -0.15) is 0 Å². The fourth-order valence-electron chi connectivity index (χ4n) is 1.17. The first-order valence-corrected chi connectivity index (χ1v) is 4.52. The summed E-state index contributed by atoms with van der Waals surface area (Å²) in [5.41, 5.74) is 6.94. The molecule has 2 amide bonds. The minimum Gasteiger partial charge on any atom is -0.351 e. The summed E-state index contributed by atoms with van der Waals surface area (Å²) in [7, 11) is 1.92. The van der Waals surface area contributed by atoms with E-state index in [1.54, 1.807) is 0 Å². The van der Waals surface area contributed by atoms with E-state index in [9.17, 15) is 4.79 Å². The van der Waals surface area contributed by atoms with Gasteiger partial charge in [0.1, 0.15) is 0 Å². The third-order valence-electron chi connectivity index (χ3n) is 1.89. The fraction of sp³-hybridized carbons (Fsp3) is 0.300. The van der Waals surface area contributed by atoms with E-state index < -0.39 is 6.03 Å². The van der Waals surface area contributed by atoms with Gasteiger partial charge in [-0.05, 0) is 37.7 Å². The van der Waals surface area contributed by atoms with Crippen LogP contribution < -0.4 is 16.4 Å². The maximum Gasteiger partial charge on any atom is 0.316 e. The number of nitrogens with two attached hydrogens (primary N) is 1. The lowest BCUT2D eigenvalue weighted by Gasteiger charge is -2.03. The van der Waals surface area contributed by atoms with Crippen LogP contribution in [0.5, 0.6) is 0 Å².